The predicted octanol–water partition coefficient (Wildman–Crippen LogP) is -10.6. The third kappa shape index (κ3) is 36.8. The Labute approximate surface area is 641 Å². The Morgan fingerprint density at radius 3 is 1.52 bits per heavy atom. The van der Waals surface area contributed by atoms with Crippen LogP contribution in [0.2, 0.25) is 0 Å². The van der Waals surface area contributed by atoms with Crippen molar-refractivity contribution in [1.82, 2.24) is 74.4 Å². The number of amides is 14. The molecule has 1 aromatic rings. The summed E-state index contributed by atoms with van der Waals surface area (Å²) in [5, 5.41) is 73.9. The number of carbonyl (C=O) groups is 16. The van der Waals surface area contributed by atoms with E-state index >= 15 is 0 Å². The van der Waals surface area contributed by atoms with Crippen LogP contribution in [-0.4, -0.2) is 269 Å². The van der Waals surface area contributed by atoms with Gasteiger partial charge in [0, 0.05) is 37.6 Å². The van der Waals surface area contributed by atoms with Crippen LogP contribution >= 0.6 is 21.6 Å². The molecule has 110 heavy (non-hydrogen) atoms. The Morgan fingerprint density at radius 1 is 0.518 bits per heavy atom. The Balaban J connectivity index is 2.78. The average molecular weight is 1600 g/mol. The standard InChI is InChI=1S/C64H106N24O20S2/c1-6-31(3)48-59(105)77-26-45(92)78-33(5)50(96)86-43(61(107)108)30-110-109-29-42(85-57(103)41(28-90)84-56(102)40(27-89)83-51(97)35(65)16-11-19-72-62(66)67)58(104)81-38(22-34-14-9-8-10-15-34)52(98)76-24-44(91)75-25-46(93)79-36(17-12-20-73-63(68)69)53(99)88-49(32(4)7-2)60(106)82-39(23-47(94)95)55(101)80-37(54(100)87-48)18-13-21-74-64(70)71/h8-10,14-15,31-33,35-43,48-49,89-90H,6-7,11-13,16-30,65H2,1-5H3,(H,75,91)(H,76,98)(H,77,105)(H,78,92)(H,79,93)(H,80,101)(H,81,104)(H,82,106)(H,83,97)(H,84,102)(H,85,103)(H,86,96)(H,87,100)(H,88,99)(H,94,95)(H,107,108)(H4,66,67,72)(H4,68,69,73)(H4,70,71,74)/t31-,32-,33-,35-,36-,37-,38-,39-,40-,41-,42+,43+,48-,49-/m0/s1. The van der Waals surface area contributed by atoms with Gasteiger partial charge in [0.25, 0.3) is 0 Å². The van der Waals surface area contributed by atoms with Gasteiger partial charge in [0.1, 0.15) is 66.5 Å². The van der Waals surface area contributed by atoms with Crippen LogP contribution in [0.3, 0.4) is 0 Å². The van der Waals surface area contributed by atoms with Gasteiger partial charge in [-0.15, -0.1) is 0 Å². The Bertz CT molecular complexity index is 3400. The van der Waals surface area contributed by atoms with Crippen molar-refractivity contribution in [2.45, 2.75) is 171 Å². The van der Waals surface area contributed by atoms with Crippen molar-refractivity contribution in [2.24, 2.45) is 66.9 Å². The van der Waals surface area contributed by atoms with Gasteiger partial charge in [-0.05, 0) is 62.8 Å². The maximum atomic E-state index is 14.6. The number of nitrogens with one attached hydrogen (secondary N) is 14. The maximum absolute atomic E-state index is 14.6. The lowest BCUT2D eigenvalue weighted by molar-refractivity contribution is -0.142. The van der Waals surface area contributed by atoms with E-state index in [0.717, 1.165) is 21.6 Å². The number of benzene rings is 1. The second kappa shape index (κ2) is 50.7. The molecule has 1 fully saturated rings. The van der Waals surface area contributed by atoms with Crippen molar-refractivity contribution in [3.63, 3.8) is 0 Å². The zero-order valence-electron chi connectivity index (χ0n) is 61.6. The minimum atomic E-state index is -1.96. The SMILES string of the molecule is CC[C@H](C)[C@@H]1NC(=O)[C@H](CCCN=C(N)N)NC(=O)[C@H](CC(=O)O)NC(=O)[C@H]([C@@H](C)CC)NC(=O)[C@H](CCCN=C(N)N)NC(=O)CNC(=O)CNC(=O)[C@H](Cc2ccccc2)NC(=O)[C@H](NC(=O)[C@H](CO)NC(=O)[C@H](CO)NC(=O)[C@@H](N)CCCN=C(N)N)CSSC[C@H](C(=O)O)NC(=O)[C@H](C)NC(=O)CNC1=O. The zero-order chi connectivity index (χ0) is 82.7. The molecule has 0 spiro atoms. The molecule has 0 radical (unpaired) electrons. The highest BCUT2D eigenvalue weighted by Crippen LogP contribution is 2.24. The molecule has 44 nitrogen and oxygen atoms in total. The van der Waals surface area contributed by atoms with Crippen LogP contribution in [-0.2, 0) is 83.1 Å². The highest BCUT2D eigenvalue weighted by Gasteiger charge is 2.38. The molecule has 1 aliphatic rings. The molecular formula is C64H106N24O20S2. The monoisotopic (exact) mass is 1590 g/mol. The van der Waals surface area contributed by atoms with Gasteiger partial charge in [0.2, 0.25) is 82.7 Å². The van der Waals surface area contributed by atoms with Crippen LogP contribution < -0.4 is 115 Å². The van der Waals surface area contributed by atoms with Gasteiger partial charge in [-0.1, -0.05) is 92.5 Å². The second-order valence-corrected chi connectivity index (χ2v) is 27.9. The summed E-state index contributed by atoms with van der Waals surface area (Å²) >= 11 is 0. The van der Waals surface area contributed by atoms with Gasteiger partial charge in [-0.2, -0.15) is 0 Å². The number of nitrogens with zero attached hydrogens (tertiary/aromatic N) is 3. The predicted molar refractivity (Wildman–Crippen MR) is 402 cm³/mol. The molecule has 0 aromatic heterocycles. The fourth-order valence-electron chi connectivity index (χ4n) is 9.87. The van der Waals surface area contributed by atoms with Gasteiger partial charge in [-0.3, -0.25) is 86.9 Å². The lowest BCUT2D eigenvalue weighted by Crippen LogP contribution is -2.61. The Hall–Kier alpha value is -10.9. The van der Waals surface area contributed by atoms with Crippen molar-refractivity contribution in [3.05, 3.63) is 35.9 Å². The second-order valence-electron chi connectivity index (χ2n) is 25.3. The van der Waals surface area contributed by atoms with Gasteiger partial charge >= 0.3 is 11.9 Å². The first-order valence-corrected chi connectivity index (χ1v) is 37.4. The number of aliphatic hydroxyl groups is 2. The summed E-state index contributed by atoms with van der Waals surface area (Å²) in [4.78, 5) is 231. The molecule has 0 aliphatic carbocycles. The minimum absolute atomic E-state index is 0.0139. The number of carboxylic acids is 2. The summed E-state index contributed by atoms with van der Waals surface area (Å²) in [6.07, 6.45) is -1.21. The van der Waals surface area contributed by atoms with Gasteiger partial charge < -0.3 is 135 Å². The van der Waals surface area contributed by atoms with Crippen LogP contribution in [0.25, 0.3) is 0 Å². The first-order valence-electron chi connectivity index (χ1n) is 35.0. The molecule has 14 amide bonds. The fraction of sp³-hybridized carbons (Fsp3) is 0.609. The number of guanidine groups is 3. The lowest BCUT2D eigenvalue weighted by atomic mass is 9.96. The minimum Gasteiger partial charge on any atom is -0.481 e. The van der Waals surface area contributed by atoms with Crippen molar-refractivity contribution in [1.29, 1.82) is 0 Å². The third-order valence-electron chi connectivity index (χ3n) is 16.5. The molecule has 2 rings (SSSR count). The number of rotatable bonds is 29. The summed E-state index contributed by atoms with van der Waals surface area (Å²) in [5.41, 5.74) is 39.1. The fourth-order valence-corrected chi connectivity index (χ4v) is 12.2. The first-order chi connectivity index (χ1) is 51.9. The molecule has 32 N–H and O–H groups in total. The largest absolute Gasteiger partial charge is 0.481 e. The van der Waals surface area contributed by atoms with E-state index in [1.165, 1.54) is 13.8 Å². The van der Waals surface area contributed by atoms with Crippen molar-refractivity contribution < 1.29 is 97.1 Å². The Morgan fingerprint density at radius 2 is 0.982 bits per heavy atom. The molecular weight excluding hydrogens is 1490 g/mol. The topological polar surface area (TPSA) is 742 Å². The number of hydrogen-bond donors (Lipinski definition) is 25. The lowest BCUT2D eigenvalue weighted by Gasteiger charge is -2.29. The molecule has 14 atom stereocenters. The molecule has 614 valence electrons. The number of aliphatic carboxylic acids is 2. The molecule has 0 unspecified atom stereocenters. The number of carbonyl (C=O) groups excluding carboxylic acids is 14. The number of aliphatic imine (C=N–C) groups is 3. The molecule has 1 saturated heterocycles. The molecule has 1 aromatic carbocycles. The van der Waals surface area contributed by atoms with Crippen LogP contribution in [0.5, 0.6) is 0 Å². The van der Waals surface area contributed by atoms with Crippen molar-refractivity contribution >= 4 is 134 Å². The summed E-state index contributed by atoms with van der Waals surface area (Å²) in [7, 11) is 1.46. The summed E-state index contributed by atoms with van der Waals surface area (Å²) in [6.45, 7) is 2.73. The van der Waals surface area contributed by atoms with Crippen LogP contribution in [0.15, 0.2) is 45.3 Å². The maximum Gasteiger partial charge on any atom is 0.327 e. The van der Waals surface area contributed by atoms with E-state index in [1.54, 1.807) is 51.1 Å². The smallest absolute Gasteiger partial charge is 0.327 e. The van der Waals surface area contributed by atoms with Crippen molar-refractivity contribution in [2.75, 3.05) is 64.0 Å². The first kappa shape index (κ1) is 95.2. The summed E-state index contributed by atoms with van der Waals surface area (Å²) in [5.74, 6) is -21.4. The van der Waals surface area contributed by atoms with Crippen LogP contribution in [0, 0.1) is 11.8 Å². The van der Waals surface area contributed by atoms with E-state index in [4.69, 9.17) is 40.1 Å². The number of carboxylic acid groups (broad SMARTS) is 2. The van der Waals surface area contributed by atoms with Gasteiger partial charge in [0.05, 0.1) is 45.3 Å². The molecule has 1 heterocycles. The molecule has 1 aliphatic heterocycles. The highest BCUT2D eigenvalue weighted by molar-refractivity contribution is 8.76. The van der Waals surface area contributed by atoms with E-state index in [9.17, 15) is 97.1 Å². The van der Waals surface area contributed by atoms with E-state index in [0.29, 0.717) is 5.56 Å². The Kier molecular flexibility index (Phi) is 43.9. The number of hydrogen-bond acceptors (Lipinski definition) is 24. The quantitative estimate of drug-likeness (QED) is 0.0153. The molecule has 0 bridgehead atoms. The highest BCUT2D eigenvalue weighted by atomic mass is 33.1. The molecule has 0 saturated carbocycles. The van der Waals surface area contributed by atoms with E-state index in [-0.39, 0.29) is 95.3 Å². The van der Waals surface area contributed by atoms with E-state index in [1.807, 2.05) is 0 Å². The average Bonchev–Trinajstić information content (AvgIpc) is 0.847. The zero-order valence-corrected chi connectivity index (χ0v) is 63.3. The van der Waals surface area contributed by atoms with Crippen LogP contribution in [0.4, 0.5) is 0 Å². The van der Waals surface area contributed by atoms with E-state index in [2.05, 4.69) is 89.4 Å². The normalized spacial score (nSPS) is 22.6. The van der Waals surface area contributed by atoms with Gasteiger partial charge in [0.15, 0.2) is 17.9 Å². The van der Waals surface area contributed by atoms with Gasteiger partial charge in [-0.25, -0.2) is 4.79 Å². The summed E-state index contributed by atoms with van der Waals surface area (Å²) < 4.78 is 0. The van der Waals surface area contributed by atoms with Crippen LogP contribution in [0.1, 0.15) is 98.0 Å². The van der Waals surface area contributed by atoms with E-state index < -0.39 is 230 Å². The molecule has 46 heteroatoms. The third-order valence-corrected chi connectivity index (χ3v) is 18.9. The summed E-state index contributed by atoms with van der Waals surface area (Å²) in [6, 6.07) is -11.6. The number of nitrogens with two attached hydrogens (primary N) is 7. The number of aliphatic hydroxyl groups excluding tert-OH is 2. The van der Waals surface area contributed by atoms with Crippen molar-refractivity contribution in [3.8, 4) is 0 Å².